The van der Waals surface area contributed by atoms with E-state index < -0.39 is 0 Å². The summed E-state index contributed by atoms with van der Waals surface area (Å²) >= 11 is 0. The summed E-state index contributed by atoms with van der Waals surface area (Å²) in [6.45, 7) is 4.57. The minimum Gasteiger partial charge on any atom is -0.353 e. The van der Waals surface area contributed by atoms with Crippen LogP contribution in [0.5, 0.6) is 0 Å². The van der Waals surface area contributed by atoms with E-state index in [0.717, 1.165) is 25.2 Å². The second-order valence-electron chi connectivity index (χ2n) is 6.82. The van der Waals surface area contributed by atoms with Crippen LogP contribution < -0.4 is 11.1 Å². The van der Waals surface area contributed by atoms with E-state index in [4.69, 9.17) is 5.73 Å². The van der Waals surface area contributed by atoms with Gasteiger partial charge < -0.3 is 11.1 Å². The predicted molar refractivity (Wildman–Crippen MR) is 74.1 cm³/mol. The summed E-state index contributed by atoms with van der Waals surface area (Å²) in [5.74, 6) is 1.59. The maximum Gasteiger partial charge on any atom is 0.222 e. The van der Waals surface area contributed by atoms with Crippen LogP contribution in [0.1, 0.15) is 65.2 Å². The van der Waals surface area contributed by atoms with Gasteiger partial charge in [-0.25, -0.2) is 0 Å². The molecule has 1 amide bonds. The Morgan fingerprint density at radius 2 is 1.94 bits per heavy atom. The smallest absolute Gasteiger partial charge is 0.222 e. The van der Waals surface area contributed by atoms with Crippen LogP contribution in [0.4, 0.5) is 0 Å². The summed E-state index contributed by atoms with van der Waals surface area (Å²) in [5, 5.41) is 3.22. The molecule has 0 saturated heterocycles. The molecule has 2 fully saturated rings. The number of hydrogen-bond acceptors (Lipinski definition) is 2. The van der Waals surface area contributed by atoms with Crippen LogP contribution in [-0.2, 0) is 4.79 Å². The Bertz CT molecular complexity index is 297. The Kier molecular flexibility index (Phi) is 4.31. The number of nitrogens with two attached hydrogens (primary N) is 1. The Hall–Kier alpha value is -0.570. The number of hydrogen-bond donors (Lipinski definition) is 2. The summed E-state index contributed by atoms with van der Waals surface area (Å²) in [6, 6.07) is 0.374. The fourth-order valence-electron chi connectivity index (χ4n) is 3.71. The van der Waals surface area contributed by atoms with Crippen LogP contribution in [0, 0.1) is 11.8 Å². The van der Waals surface area contributed by atoms with Gasteiger partial charge in [-0.15, -0.1) is 0 Å². The lowest BCUT2D eigenvalue weighted by Gasteiger charge is -2.34. The van der Waals surface area contributed by atoms with Gasteiger partial charge in [0.2, 0.25) is 5.91 Å². The molecular weight excluding hydrogens is 224 g/mol. The summed E-state index contributed by atoms with van der Waals surface area (Å²) < 4.78 is 0. The van der Waals surface area contributed by atoms with E-state index >= 15 is 0 Å². The standard InChI is InChI=1S/C15H28N2O/c1-11-5-6-13(12(2)9-11)17-14(18)10-15(16)7-3-4-8-15/h11-13H,3-10,16H2,1-2H3,(H,17,18). The molecule has 2 saturated carbocycles. The molecule has 3 atom stereocenters. The third kappa shape index (κ3) is 3.47. The summed E-state index contributed by atoms with van der Waals surface area (Å²) in [4.78, 5) is 12.1. The van der Waals surface area contributed by atoms with E-state index in [2.05, 4.69) is 19.2 Å². The Morgan fingerprint density at radius 1 is 1.28 bits per heavy atom. The molecule has 0 heterocycles. The van der Waals surface area contributed by atoms with E-state index in [1.165, 1.54) is 25.7 Å². The highest BCUT2D eigenvalue weighted by Gasteiger charge is 2.33. The Labute approximate surface area is 111 Å². The zero-order chi connectivity index (χ0) is 13.2. The molecule has 0 aromatic carbocycles. The van der Waals surface area contributed by atoms with Gasteiger partial charge in [-0.3, -0.25) is 4.79 Å². The molecule has 2 aliphatic rings. The number of carbonyl (C=O) groups is 1. The minimum absolute atomic E-state index is 0.172. The highest BCUT2D eigenvalue weighted by Crippen LogP contribution is 2.31. The average molecular weight is 252 g/mol. The van der Waals surface area contributed by atoms with Crippen molar-refractivity contribution in [3.8, 4) is 0 Å². The van der Waals surface area contributed by atoms with Crippen molar-refractivity contribution in [3.63, 3.8) is 0 Å². The molecule has 2 aliphatic carbocycles. The average Bonchev–Trinajstić information content (AvgIpc) is 2.69. The van der Waals surface area contributed by atoms with Gasteiger partial charge >= 0.3 is 0 Å². The number of rotatable bonds is 3. The van der Waals surface area contributed by atoms with Gasteiger partial charge in [0.1, 0.15) is 0 Å². The third-order valence-corrected chi connectivity index (χ3v) is 4.89. The highest BCUT2D eigenvalue weighted by atomic mass is 16.1. The third-order valence-electron chi connectivity index (χ3n) is 4.89. The second kappa shape index (κ2) is 5.60. The van der Waals surface area contributed by atoms with E-state index in [0.29, 0.717) is 18.4 Å². The van der Waals surface area contributed by atoms with Gasteiger partial charge in [0, 0.05) is 18.0 Å². The van der Waals surface area contributed by atoms with Crippen molar-refractivity contribution >= 4 is 5.91 Å². The van der Waals surface area contributed by atoms with Crippen LogP contribution in [-0.4, -0.2) is 17.5 Å². The first-order valence-corrected chi connectivity index (χ1v) is 7.57. The molecule has 3 unspecified atom stereocenters. The quantitative estimate of drug-likeness (QED) is 0.811. The minimum atomic E-state index is -0.213. The van der Waals surface area contributed by atoms with Crippen molar-refractivity contribution in [2.75, 3.05) is 0 Å². The zero-order valence-corrected chi connectivity index (χ0v) is 11.9. The Morgan fingerprint density at radius 3 is 2.56 bits per heavy atom. The first kappa shape index (κ1) is 13.9. The molecule has 0 radical (unpaired) electrons. The molecule has 3 nitrogen and oxygen atoms in total. The number of nitrogens with one attached hydrogen (secondary N) is 1. The SMILES string of the molecule is CC1CCC(NC(=O)CC2(N)CCCC2)C(C)C1. The van der Waals surface area contributed by atoms with Gasteiger partial charge in [0.15, 0.2) is 0 Å². The fourth-order valence-corrected chi connectivity index (χ4v) is 3.71. The second-order valence-corrected chi connectivity index (χ2v) is 6.82. The molecule has 104 valence electrons. The highest BCUT2D eigenvalue weighted by molar-refractivity contribution is 5.77. The molecule has 0 bridgehead atoms. The van der Waals surface area contributed by atoms with Crippen molar-refractivity contribution in [2.45, 2.75) is 76.8 Å². The van der Waals surface area contributed by atoms with E-state index in [9.17, 15) is 4.79 Å². The van der Waals surface area contributed by atoms with Gasteiger partial charge in [-0.2, -0.15) is 0 Å². The van der Waals surface area contributed by atoms with Crippen LogP contribution in [0.25, 0.3) is 0 Å². The largest absolute Gasteiger partial charge is 0.353 e. The molecular formula is C15H28N2O. The van der Waals surface area contributed by atoms with Crippen molar-refractivity contribution in [2.24, 2.45) is 17.6 Å². The Balaban J connectivity index is 1.80. The molecule has 2 rings (SSSR count). The number of amides is 1. The lowest BCUT2D eigenvalue weighted by Crippen LogP contribution is -2.47. The van der Waals surface area contributed by atoms with Gasteiger partial charge in [0.05, 0.1) is 0 Å². The summed E-state index contributed by atoms with van der Waals surface area (Å²) in [5.41, 5.74) is 6.05. The van der Waals surface area contributed by atoms with Crippen LogP contribution in [0.3, 0.4) is 0 Å². The molecule has 18 heavy (non-hydrogen) atoms. The summed E-state index contributed by atoms with van der Waals surface area (Å²) in [7, 11) is 0. The van der Waals surface area contributed by atoms with Gasteiger partial charge in [0.25, 0.3) is 0 Å². The zero-order valence-electron chi connectivity index (χ0n) is 11.9. The first-order chi connectivity index (χ1) is 8.48. The van der Waals surface area contributed by atoms with Crippen LogP contribution >= 0.6 is 0 Å². The molecule has 0 aromatic heterocycles. The van der Waals surface area contributed by atoms with Gasteiger partial charge in [-0.05, 0) is 43.9 Å². The molecule has 0 aliphatic heterocycles. The topological polar surface area (TPSA) is 55.1 Å². The van der Waals surface area contributed by atoms with Crippen molar-refractivity contribution in [1.29, 1.82) is 0 Å². The van der Waals surface area contributed by atoms with E-state index in [1.54, 1.807) is 0 Å². The molecule has 0 aromatic rings. The van der Waals surface area contributed by atoms with E-state index in [-0.39, 0.29) is 11.4 Å². The summed E-state index contributed by atoms with van der Waals surface area (Å²) in [6.07, 6.45) is 8.51. The van der Waals surface area contributed by atoms with Crippen molar-refractivity contribution < 1.29 is 4.79 Å². The lowest BCUT2D eigenvalue weighted by molar-refractivity contribution is -0.123. The molecule has 3 heteroatoms. The van der Waals surface area contributed by atoms with Gasteiger partial charge in [-0.1, -0.05) is 26.7 Å². The number of carbonyl (C=O) groups excluding carboxylic acids is 1. The molecule has 0 spiro atoms. The van der Waals surface area contributed by atoms with Crippen molar-refractivity contribution in [3.05, 3.63) is 0 Å². The maximum absolute atomic E-state index is 12.1. The molecule has 3 N–H and O–H groups in total. The van der Waals surface area contributed by atoms with E-state index in [1.807, 2.05) is 0 Å². The maximum atomic E-state index is 12.1. The normalized spacial score (nSPS) is 35.4. The monoisotopic (exact) mass is 252 g/mol. The predicted octanol–water partition coefficient (Wildman–Crippen LogP) is 2.59. The lowest BCUT2D eigenvalue weighted by atomic mass is 9.79. The van der Waals surface area contributed by atoms with Crippen LogP contribution in [0.2, 0.25) is 0 Å². The van der Waals surface area contributed by atoms with Crippen molar-refractivity contribution in [1.82, 2.24) is 5.32 Å². The fraction of sp³-hybridized carbons (Fsp3) is 0.933. The van der Waals surface area contributed by atoms with Crippen LogP contribution in [0.15, 0.2) is 0 Å². The first-order valence-electron chi connectivity index (χ1n) is 7.57.